The van der Waals surface area contributed by atoms with Crippen molar-refractivity contribution < 1.29 is 4.79 Å². The molecule has 20 heavy (non-hydrogen) atoms. The highest BCUT2D eigenvalue weighted by Gasteiger charge is 2.45. The summed E-state index contributed by atoms with van der Waals surface area (Å²) < 4.78 is 0. The Kier molecular flexibility index (Phi) is 3.71. The normalized spacial score (nSPS) is 20.6. The van der Waals surface area contributed by atoms with E-state index in [-0.39, 0.29) is 11.4 Å². The van der Waals surface area contributed by atoms with Crippen LogP contribution in [0.25, 0.3) is 0 Å². The van der Waals surface area contributed by atoms with Crippen LogP contribution in [0.3, 0.4) is 0 Å². The molecule has 4 N–H and O–H groups in total. The zero-order valence-electron chi connectivity index (χ0n) is 12.8. The Morgan fingerprint density at radius 1 is 1.50 bits per heavy atom. The second-order valence-corrected chi connectivity index (χ2v) is 8.21. The summed E-state index contributed by atoms with van der Waals surface area (Å²) in [5.74, 6) is 0.756. The molecule has 6 heteroatoms. The molecule has 5 nitrogen and oxygen atoms in total. The van der Waals surface area contributed by atoms with Crippen molar-refractivity contribution in [3.05, 3.63) is 4.88 Å². The van der Waals surface area contributed by atoms with E-state index in [1.807, 2.05) is 20.8 Å². The number of anilines is 2. The summed E-state index contributed by atoms with van der Waals surface area (Å²) >= 11 is 1.31. The lowest BCUT2D eigenvalue weighted by atomic mass is 10.1. The molecule has 1 aliphatic carbocycles. The highest BCUT2D eigenvalue weighted by atomic mass is 32.1. The van der Waals surface area contributed by atoms with Gasteiger partial charge in [0.05, 0.1) is 0 Å². The van der Waals surface area contributed by atoms with Crippen molar-refractivity contribution >= 4 is 28.2 Å². The zero-order chi connectivity index (χ0) is 15.1. The SMILES string of the molecule is CC(C)(C)Nc1nc(N)c(C(=O)NCC2CC2(C)C)s1. The predicted octanol–water partition coefficient (Wildman–Crippen LogP) is 2.71. The number of thiazole rings is 1. The van der Waals surface area contributed by atoms with Crippen molar-refractivity contribution in [2.75, 3.05) is 17.6 Å². The van der Waals surface area contributed by atoms with Crippen molar-refractivity contribution in [2.24, 2.45) is 11.3 Å². The molecule has 1 saturated carbocycles. The van der Waals surface area contributed by atoms with Crippen LogP contribution in [0.4, 0.5) is 10.9 Å². The van der Waals surface area contributed by atoms with Gasteiger partial charge in [0, 0.05) is 12.1 Å². The van der Waals surface area contributed by atoms with E-state index in [0.717, 1.165) is 0 Å². The first-order valence-electron chi connectivity index (χ1n) is 6.91. The van der Waals surface area contributed by atoms with E-state index >= 15 is 0 Å². The number of carbonyl (C=O) groups is 1. The number of nitrogen functional groups attached to an aromatic ring is 1. The van der Waals surface area contributed by atoms with Gasteiger partial charge in [-0.05, 0) is 38.5 Å². The van der Waals surface area contributed by atoms with Gasteiger partial charge >= 0.3 is 0 Å². The number of nitrogens with zero attached hydrogens (tertiary/aromatic N) is 1. The summed E-state index contributed by atoms with van der Waals surface area (Å²) in [6, 6.07) is 0. The first-order chi connectivity index (χ1) is 9.08. The van der Waals surface area contributed by atoms with Gasteiger partial charge in [-0.15, -0.1) is 0 Å². The molecule has 0 radical (unpaired) electrons. The van der Waals surface area contributed by atoms with Crippen molar-refractivity contribution in [1.29, 1.82) is 0 Å². The maximum atomic E-state index is 12.1. The summed E-state index contributed by atoms with van der Waals surface area (Å²) in [5.41, 5.74) is 6.10. The van der Waals surface area contributed by atoms with Crippen LogP contribution >= 0.6 is 11.3 Å². The van der Waals surface area contributed by atoms with Gasteiger partial charge in [0.2, 0.25) is 0 Å². The molecule has 0 spiro atoms. The first kappa shape index (κ1) is 15.1. The maximum absolute atomic E-state index is 12.1. The number of carbonyl (C=O) groups excluding carboxylic acids is 1. The molecule has 1 atom stereocenters. The molecule has 1 aromatic rings. The molecule has 2 rings (SSSR count). The Morgan fingerprint density at radius 2 is 2.10 bits per heavy atom. The van der Waals surface area contributed by atoms with Gasteiger partial charge < -0.3 is 16.4 Å². The van der Waals surface area contributed by atoms with E-state index in [0.29, 0.717) is 33.7 Å². The molecule has 1 unspecified atom stereocenters. The molecule has 1 amide bonds. The van der Waals surface area contributed by atoms with E-state index in [2.05, 4.69) is 29.5 Å². The smallest absolute Gasteiger partial charge is 0.265 e. The van der Waals surface area contributed by atoms with Gasteiger partial charge in [-0.1, -0.05) is 25.2 Å². The van der Waals surface area contributed by atoms with Gasteiger partial charge in [-0.2, -0.15) is 0 Å². The minimum absolute atomic E-state index is 0.101. The summed E-state index contributed by atoms with van der Waals surface area (Å²) in [6.45, 7) is 11.3. The largest absolute Gasteiger partial charge is 0.382 e. The van der Waals surface area contributed by atoms with Crippen molar-refractivity contribution in [3.8, 4) is 0 Å². The number of aromatic nitrogens is 1. The molecule has 0 saturated heterocycles. The van der Waals surface area contributed by atoms with E-state index in [9.17, 15) is 4.79 Å². The van der Waals surface area contributed by atoms with Gasteiger partial charge in [0.15, 0.2) is 5.13 Å². The van der Waals surface area contributed by atoms with Crippen molar-refractivity contribution in [3.63, 3.8) is 0 Å². The lowest BCUT2D eigenvalue weighted by Crippen LogP contribution is -2.26. The highest BCUT2D eigenvalue weighted by molar-refractivity contribution is 7.18. The Bertz CT molecular complexity index is 516. The molecule has 0 bridgehead atoms. The van der Waals surface area contributed by atoms with Crippen LogP contribution in [0.15, 0.2) is 0 Å². The molecular formula is C14H24N4OS. The predicted molar refractivity (Wildman–Crippen MR) is 84.1 cm³/mol. The zero-order valence-corrected chi connectivity index (χ0v) is 13.6. The summed E-state index contributed by atoms with van der Waals surface area (Å²) in [7, 11) is 0. The van der Waals surface area contributed by atoms with E-state index in [1.54, 1.807) is 0 Å². The summed E-state index contributed by atoms with van der Waals surface area (Å²) in [6.07, 6.45) is 1.17. The first-order valence-corrected chi connectivity index (χ1v) is 7.73. The fraction of sp³-hybridized carbons (Fsp3) is 0.714. The molecule has 112 valence electrons. The molecule has 1 fully saturated rings. The Balaban J connectivity index is 1.96. The number of nitrogens with one attached hydrogen (secondary N) is 2. The second kappa shape index (κ2) is 4.91. The van der Waals surface area contributed by atoms with Gasteiger partial charge in [-0.3, -0.25) is 4.79 Å². The molecule has 1 aromatic heterocycles. The number of amides is 1. The van der Waals surface area contributed by atoms with E-state index in [4.69, 9.17) is 5.73 Å². The van der Waals surface area contributed by atoms with Crippen LogP contribution in [-0.4, -0.2) is 23.0 Å². The number of hydrogen-bond acceptors (Lipinski definition) is 5. The third-order valence-electron chi connectivity index (χ3n) is 3.57. The van der Waals surface area contributed by atoms with E-state index < -0.39 is 0 Å². The molecule has 0 aromatic carbocycles. The average molecular weight is 296 g/mol. The Labute approximate surface area is 124 Å². The Hall–Kier alpha value is -1.30. The summed E-state index contributed by atoms with van der Waals surface area (Å²) in [4.78, 5) is 16.8. The highest BCUT2D eigenvalue weighted by Crippen LogP contribution is 2.51. The third-order valence-corrected chi connectivity index (χ3v) is 4.55. The van der Waals surface area contributed by atoms with Crippen LogP contribution in [0.5, 0.6) is 0 Å². The lowest BCUT2D eigenvalue weighted by molar-refractivity contribution is 0.0955. The fourth-order valence-electron chi connectivity index (χ4n) is 2.09. The molecule has 1 heterocycles. The molecule has 1 aliphatic rings. The van der Waals surface area contributed by atoms with Crippen LogP contribution in [0.2, 0.25) is 0 Å². The fourth-order valence-corrected chi connectivity index (χ4v) is 3.10. The van der Waals surface area contributed by atoms with Crippen LogP contribution in [0.1, 0.15) is 50.7 Å². The van der Waals surface area contributed by atoms with Crippen molar-refractivity contribution in [1.82, 2.24) is 10.3 Å². The summed E-state index contributed by atoms with van der Waals surface area (Å²) in [5, 5.41) is 6.88. The Morgan fingerprint density at radius 3 is 2.60 bits per heavy atom. The van der Waals surface area contributed by atoms with Crippen molar-refractivity contribution in [2.45, 2.75) is 46.6 Å². The molecule has 0 aliphatic heterocycles. The minimum atomic E-state index is -0.121. The quantitative estimate of drug-likeness (QED) is 0.798. The maximum Gasteiger partial charge on any atom is 0.265 e. The van der Waals surface area contributed by atoms with Gasteiger partial charge in [0.25, 0.3) is 5.91 Å². The molecular weight excluding hydrogens is 272 g/mol. The van der Waals surface area contributed by atoms with Crippen LogP contribution < -0.4 is 16.4 Å². The van der Waals surface area contributed by atoms with Gasteiger partial charge in [0.1, 0.15) is 10.7 Å². The number of nitrogens with two attached hydrogens (primary N) is 1. The standard InChI is InChI=1S/C14H24N4OS/c1-13(2,3)18-12-17-10(15)9(20-12)11(19)16-7-8-6-14(8,4)5/h8H,6-7,15H2,1-5H3,(H,16,19)(H,17,18). The average Bonchev–Trinajstić information content (AvgIpc) is 2.71. The van der Waals surface area contributed by atoms with Gasteiger partial charge in [-0.25, -0.2) is 4.98 Å². The van der Waals surface area contributed by atoms with Crippen LogP contribution in [0, 0.1) is 11.3 Å². The van der Waals surface area contributed by atoms with E-state index in [1.165, 1.54) is 17.8 Å². The second-order valence-electron chi connectivity index (χ2n) is 7.21. The monoisotopic (exact) mass is 296 g/mol. The number of rotatable bonds is 4. The third kappa shape index (κ3) is 3.62. The lowest BCUT2D eigenvalue weighted by Gasteiger charge is -2.19. The topological polar surface area (TPSA) is 80.0 Å². The number of hydrogen-bond donors (Lipinski definition) is 3. The van der Waals surface area contributed by atoms with Crippen LogP contribution in [-0.2, 0) is 0 Å². The minimum Gasteiger partial charge on any atom is -0.382 e.